The van der Waals surface area contributed by atoms with Crippen LogP contribution in [0.4, 0.5) is 4.79 Å². The molecular formula is C42H54N4O7. The standard InChI is InChI=1S/C42H54N4O7/c1-52-32-24-31(41(30-12-8-7-9-13-30)46(42(50)51)36-28-45-21-18-29(36)19-22-45)25-33(26-32)53-23-11-6-4-2-3-5-10-20-43-27-38(48)34-14-16-37(47)40-35(34)15-17-39(49)44-40/h7-9,12-17,24-26,29,36,38,41,43,47-48H,2-6,10-11,18-23,27-28H2,1H3,(H,44,49)(H,50,51)/t36?,38-,41+/m0/s1. The molecule has 1 amide bonds. The van der Waals surface area contributed by atoms with Crippen molar-refractivity contribution >= 4 is 17.0 Å². The summed E-state index contributed by atoms with van der Waals surface area (Å²) in [5.74, 6) is 1.67. The molecule has 0 spiro atoms. The molecule has 4 aromatic rings. The maximum atomic E-state index is 13.0. The van der Waals surface area contributed by atoms with Gasteiger partial charge in [-0.15, -0.1) is 0 Å². The number of aromatic hydroxyl groups is 1. The Bertz CT molecular complexity index is 1840. The third kappa shape index (κ3) is 9.70. The summed E-state index contributed by atoms with van der Waals surface area (Å²) in [6.45, 7) is 4.61. The van der Waals surface area contributed by atoms with Gasteiger partial charge in [-0.25, -0.2) is 4.79 Å². The Morgan fingerprint density at radius 1 is 0.925 bits per heavy atom. The van der Waals surface area contributed by atoms with Crippen LogP contribution in [0.3, 0.4) is 0 Å². The summed E-state index contributed by atoms with van der Waals surface area (Å²) < 4.78 is 11.9. The third-order valence-electron chi connectivity index (χ3n) is 10.9. The smallest absolute Gasteiger partial charge is 0.408 e. The molecule has 11 nitrogen and oxygen atoms in total. The molecule has 284 valence electrons. The molecule has 3 aliphatic rings. The average molecular weight is 727 g/mol. The lowest BCUT2D eigenvalue weighted by Gasteiger charge is -2.50. The van der Waals surface area contributed by atoms with Crippen molar-refractivity contribution in [2.75, 3.05) is 46.4 Å². The first-order valence-corrected chi connectivity index (χ1v) is 19.2. The van der Waals surface area contributed by atoms with Crippen LogP contribution in [-0.4, -0.2) is 88.7 Å². The highest BCUT2D eigenvalue weighted by Gasteiger charge is 2.43. The molecule has 1 aromatic heterocycles. The second-order valence-electron chi connectivity index (χ2n) is 14.5. The monoisotopic (exact) mass is 726 g/mol. The van der Waals surface area contributed by atoms with Crippen molar-refractivity contribution in [2.45, 2.75) is 76.0 Å². The number of benzene rings is 3. The molecule has 2 bridgehead atoms. The van der Waals surface area contributed by atoms with Gasteiger partial charge in [-0.1, -0.05) is 68.5 Å². The van der Waals surface area contributed by atoms with E-state index in [0.717, 1.165) is 95.1 Å². The number of unbranched alkanes of at least 4 members (excludes halogenated alkanes) is 6. The topological polar surface area (TPSA) is 148 Å². The second kappa shape index (κ2) is 18.4. The zero-order valence-corrected chi connectivity index (χ0v) is 30.7. The van der Waals surface area contributed by atoms with Crippen LogP contribution in [0.2, 0.25) is 0 Å². The number of fused-ring (bicyclic) bond motifs is 4. The minimum Gasteiger partial charge on any atom is -0.506 e. The summed E-state index contributed by atoms with van der Waals surface area (Å²) in [4.78, 5) is 31.4. The molecule has 11 heteroatoms. The second-order valence-corrected chi connectivity index (χ2v) is 14.5. The molecule has 3 saturated heterocycles. The summed E-state index contributed by atoms with van der Waals surface area (Å²) >= 11 is 0. The van der Waals surface area contributed by atoms with Gasteiger partial charge in [0, 0.05) is 30.6 Å². The maximum Gasteiger partial charge on any atom is 0.408 e. The fourth-order valence-corrected chi connectivity index (χ4v) is 8.12. The minimum absolute atomic E-state index is 0.0159. The predicted octanol–water partition coefficient (Wildman–Crippen LogP) is 6.84. The Hall–Kier alpha value is -4.58. The molecule has 5 N–H and O–H groups in total. The van der Waals surface area contributed by atoms with Gasteiger partial charge in [-0.2, -0.15) is 0 Å². The van der Waals surface area contributed by atoms with E-state index in [9.17, 15) is 24.9 Å². The Labute approximate surface area is 311 Å². The van der Waals surface area contributed by atoms with Crippen molar-refractivity contribution in [2.24, 2.45) is 5.92 Å². The first kappa shape index (κ1) is 38.2. The van der Waals surface area contributed by atoms with E-state index < -0.39 is 18.2 Å². The highest BCUT2D eigenvalue weighted by atomic mass is 16.5. The van der Waals surface area contributed by atoms with Crippen LogP contribution in [0.15, 0.2) is 77.6 Å². The number of aliphatic hydroxyl groups is 1. The first-order chi connectivity index (χ1) is 25.8. The molecule has 3 atom stereocenters. The number of nitrogens with zero attached hydrogens (tertiary/aromatic N) is 2. The first-order valence-electron chi connectivity index (χ1n) is 19.2. The Morgan fingerprint density at radius 2 is 1.64 bits per heavy atom. The van der Waals surface area contributed by atoms with Crippen LogP contribution in [0.5, 0.6) is 17.2 Å². The van der Waals surface area contributed by atoms with Crippen molar-refractivity contribution < 1.29 is 29.6 Å². The maximum absolute atomic E-state index is 13.0. The summed E-state index contributed by atoms with van der Waals surface area (Å²) in [7, 11) is 1.63. The number of methoxy groups -OCH3 is 1. The van der Waals surface area contributed by atoms with E-state index in [1.165, 1.54) is 12.1 Å². The van der Waals surface area contributed by atoms with Crippen molar-refractivity contribution in [3.8, 4) is 17.2 Å². The molecule has 3 aromatic carbocycles. The van der Waals surface area contributed by atoms with Gasteiger partial charge in [-0.3, -0.25) is 9.69 Å². The van der Waals surface area contributed by atoms with Crippen molar-refractivity contribution in [3.63, 3.8) is 0 Å². The highest BCUT2D eigenvalue weighted by molar-refractivity contribution is 5.87. The van der Waals surface area contributed by atoms with Gasteiger partial charge in [0.15, 0.2) is 0 Å². The normalized spacial score (nSPS) is 19.2. The molecule has 0 saturated carbocycles. The number of aromatic nitrogens is 1. The zero-order valence-electron chi connectivity index (χ0n) is 30.7. The van der Waals surface area contributed by atoms with Gasteiger partial charge in [0.25, 0.3) is 0 Å². The molecule has 1 unspecified atom stereocenters. The molecule has 7 rings (SSSR count). The van der Waals surface area contributed by atoms with Crippen LogP contribution in [0.25, 0.3) is 10.9 Å². The number of aromatic amines is 1. The fraction of sp³-hybridized carbons (Fsp3) is 0.476. The van der Waals surface area contributed by atoms with Gasteiger partial charge in [0.05, 0.1) is 37.4 Å². The number of nitrogens with one attached hydrogen (secondary N) is 2. The molecule has 0 aliphatic carbocycles. The summed E-state index contributed by atoms with van der Waals surface area (Å²) in [5.41, 5.74) is 2.48. The van der Waals surface area contributed by atoms with E-state index >= 15 is 0 Å². The van der Waals surface area contributed by atoms with E-state index in [-0.39, 0.29) is 17.4 Å². The lowest BCUT2D eigenvalue weighted by molar-refractivity contribution is -0.000837. The average Bonchev–Trinajstić information content (AvgIpc) is 3.18. The minimum atomic E-state index is -0.905. The van der Waals surface area contributed by atoms with E-state index in [1.807, 2.05) is 48.5 Å². The lowest BCUT2D eigenvalue weighted by Crippen LogP contribution is -2.59. The fourth-order valence-electron chi connectivity index (χ4n) is 8.12. The van der Waals surface area contributed by atoms with E-state index in [1.54, 1.807) is 24.1 Å². The number of carboxylic acid groups (broad SMARTS) is 1. The number of carbonyl (C=O) groups is 1. The van der Waals surface area contributed by atoms with E-state index in [0.29, 0.717) is 47.0 Å². The van der Waals surface area contributed by atoms with E-state index in [4.69, 9.17) is 9.47 Å². The summed E-state index contributed by atoms with van der Waals surface area (Å²) in [6, 6.07) is 21.4. The van der Waals surface area contributed by atoms with Gasteiger partial charge in [0.1, 0.15) is 17.2 Å². The van der Waals surface area contributed by atoms with Crippen molar-refractivity contribution in [1.82, 2.24) is 20.1 Å². The van der Waals surface area contributed by atoms with Crippen LogP contribution < -0.4 is 20.3 Å². The third-order valence-corrected chi connectivity index (χ3v) is 10.9. The number of amides is 1. The number of hydrogen-bond acceptors (Lipinski definition) is 8. The van der Waals surface area contributed by atoms with Crippen molar-refractivity contribution in [1.29, 1.82) is 0 Å². The quantitative estimate of drug-likeness (QED) is 0.0656. The lowest BCUT2D eigenvalue weighted by atomic mass is 9.81. The molecule has 53 heavy (non-hydrogen) atoms. The number of ether oxygens (including phenoxy) is 2. The SMILES string of the molecule is COc1cc(OCCCCCCCCCNC[C@H](O)c2ccc(O)c3[nH]c(=O)ccc23)cc([C@@H](c2ccccc2)N(C(=O)O)C2CN3CCC2CC3)c1. The van der Waals surface area contributed by atoms with Gasteiger partial charge in [0.2, 0.25) is 5.56 Å². The van der Waals surface area contributed by atoms with Crippen LogP contribution in [0, 0.1) is 5.92 Å². The van der Waals surface area contributed by atoms with Gasteiger partial charge in [-0.05, 0) is 92.2 Å². The van der Waals surface area contributed by atoms with Crippen LogP contribution in [0.1, 0.15) is 86.6 Å². The Kier molecular flexibility index (Phi) is 13.3. The number of rotatable bonds is 19. The number of phenolic OH excluding ortho intramolecular Hbond substituents is 1. The number of aliphatic hydroxyl groups excluding tert-OH is 1. The number of H-pyrrole nitrogens is 1. The highest BCUT2D eigenvalue weighted by Crippen LogP contribution is 2.40. The largest absolute Gasteiger partial charge is 0.506 e. The molecule has 0 radical (unpaired) electrons. The van der Waals surface area contributed by atoms with Gasteiger partial charge < -0.3 is 40.0 Å². The molecular weight excluding hydrogens is 672 g/mol. The van der Waals surface area contributed by atoms with E-state index in [2.05, 4.69) is 15.2 Å². The van der Waals surface area contributed by atoms with Crippen molar-refractivity contribution in [3.05, 3.63) is 99.8 Å². The number of hydrogen-bond donors (Lipinski definition) is 5. The number of phenols is 1. The van der Waals surface area contributed by atoms with Gasteiger partial charge >= 0.3 is 6.09 Å². The molecule has 3 fully saturated rings. The zero-order chi connectivity index (χ0) is 37.2. The number of pyridine rings is 1. The van der Waals surface area contributed by atoms with Crippen LogP contribution in [-0.2, 0) is 0 Å². The molecule has 3 aliphatic heterocycles. The Balaban J connectivity index is 0.938. The number of piperidine rings is 3. The molecule has 4 heterocycles. The van der Waals surface area contributed by atoms with Crippen LogP contribution >= 0.6 is 0 Å². The predicted molar refractivity (Wildman–Crippen MR) is 206 cm³/mol. The summed E-state index contributed by atoms with van der Waals surface area (Å²) in [5, 5.41) is 35.5. The Morgan fingerprint density at radius 3 is 2.34 bits per heavy atom. The summed E-state index contributed by atoms with van der Waals surface area (Å²) in [6.07, 6.45) is 7.90.